The minimum Gasteiger partial charge on any atom is -0.396 e. The van der Waals surface area contributed by atoms with Crippen LogP contribution in [0.4, 0.5) is 0 Å². The molecule has 0 radical (unpaired) electrons. The van der Waals surface area contributed by atoms with E-state index in [1.807, 2.05) is 0 Å². The van der Waals surface area contributed by atoms with E-state index in [4.69, 9.17) is 10.4 Å². The summed E-state index contributed by atoms with van der Waals surface area (Å²) in [4.78, 5) is 2.20. The van der Waals surface area contributed by atoms with Gasteiger partial charge in [-0.1, -0.05) is 6.92 Å². The molecule has 0 bridgehead atoms. The van der Waals surface area contributed by atoms with E-state index in [-0.39, 0.29) is 6.61 Å². The van der Waals surface area contributed by atoms with Gasteiger partial charge in [0.2, 0.25) is 0 Å². The van der Waals surface area contributed by atoms with Crippen molar-refractivity contribution in [3.8, 4) is 6.07 Å². The van der Waals surface area contributed by atoms with Gasteiger partial charge in [-0.05, 0) is 25.3 Å². The molecule has 4 heteroatoms. The van der Waals surface area contributed by atoms with Crippen molar-refractivity contribution in [3.63, 3.8) is 0 Å². The van der Waals surface area contributed by atoms with Gasteiger partial charge in [0.1, 0.15) is 0 Å². The molecule has 1 fully saturated rings. The summed E-state index contributed by atoms with van der Waals surface area (Å²) >= 11 is 0. The van der Waals surface area contributed by atoms with Crippen LogP contribution in [-0.4, -0.2) is 48.8 Å². The molecule has 2 unspecified atom stereocenters. The van der Waals surface area contributed by atoms with Crippen LogP contribution in [0, 0.1) is 17.2 Å². The first-order chi connectivity index (χ1) is 7.26. The van der Waals surface area contributed by atoms with Crippen LogP contribution in [0.1, 0.15) is 19.8 Å². The fourth-order valence-electron chi connectivity index (χ4n) is 2.22. The highest BCUT2D eigenvalue weighted by Crippen LogP contribution is 2.15. The molecule has 86 valence electrons. The van der Waals surface area contributed by atoms with Crippen molar-refractivity contribution in [2.24, 2.45) is 5.92 Å². The number of rotatable bonds is 5. The van der Waals surface area contributed by atoms with Crippen LogP contribution < -0.4 is 5.32 Å². The summed E-state index contributed by atoms with van der Waals surface area (Å²) in [5.41, 5.74) is 0. The van der Waals surface area contributed by atoms with Gasteiger partial charge >= 0.3 is 0 Å². The first kappa shape index (κ1) is 12.4. The molecular weight excluding hydrogens is 190 g/mol. The van der Waals surface area contributed by atoms with Gasteiger partial charge in [-0.15, -0.1) is 0 Å². The van der Waals surface area contributed by atoms with Gasteiger partial charge in [0.15, 0.2) is 0 Å². The molecule has 15 heavy (non-hydrogen) atoms. The van der Waals surface area contributed by atoms with Crippen LogP contribution in [0.3, 0.4) is 0 Å². The fourth-order valence-corrected chi connectivity index (χ4v) is 2.22. The Bertz CT molecular complexity index is 214. The van der Waals surface area contributed by atoms with Gasteiger partial charge in [-0.25, -0.2) is 0 Å². The number of hydrogen-bond donors (Lipinski definition) is 2. The molecule has 0 amide bonds. The van der Waals surface area contributed by atoms with E-state index in [0.717, 1.165) is 26.1 Å². The average molecular weight is 211 g/mol. The highest BCUT2D eigenvalue weighted by Gasteiger charge is 2.23. The molecule has 4 nitrogen and oxygen atoms in total. The normalized spacial score (nSPS) is 27.5. The molecular formula is C11H21N3O. The second-order valence-electron chi connectivity index (χ2n) is 4.42. The van der Waals surface area contributed by atoms with Gasteiger partial charge in [0.05, 0.1) is 12.6 Å². The van der Waals surface area contributed by atoms with E-state index in [1.54, 1.807) is 0 Å². The van der Waals surface area contributed by atoms with Crippen molar-refractivity contribution in [2.75, 3.05) is 32.8 Å². The molecule has 1 heterocycles. The molecule has 0 aromatic carbocycles. The monoisotopic (exact) mass is 211 g/mol. The average Bonchev–Trinajstić information content (AvgIpc) is 2.18. The van der Waals surface area contributed by atoms with Gasteiger partial charge in [0, 0.05) is 25.7 Å². The zero-order valence-corrected chi connectivity index (χ0v) is 9.45. The van der Waals surface area contributed by atoms with Crippen LogP contribution in [0.15, 0.2) is 0 Å². The highest BCUT2D eigenvalue weighted by atomic mass is 16.3. The SMILES string of the molecule is CC1CC(NCCCO)CN(CC#N)C1. The van der Waals surface area contributed by atoms with Crippen LogP contribution >= 0.6 is 0 Å². The highest BCUT2D eigenvalue weighted by molar-refractivity contribution is 4.86. The molecule has 1 saturated heterocycles. The Morgan fingerprint density at radius 1 is 1.53 bits per heavy atom. The number of nitriles is 1. The molecule has 2 atom stereocenters. The summed E-state index contributed by atoms with van der Waals surface area (Å²) in [6.45, 7) is 5.87. The summed E-state index contributed by atoms with van der Waals surface area (Å²) < 4.78 is 0. The third-order valence-electron chi connectivity index (χ3n) is 2.80. The summed E-state index contributed by atoms with van der Waals surface area (Å²) in [7, 11) is 0. The number of aliphatic hydroxyl groups is 1. The van der Waals surface area contributed by atoms with E-state index in [1.165, 1.54) is 6.42 Å². The number of likely N-dealkylation sites (tertiary alicyclic amines) is 1. The van der Waals surface area contributed by atoms with Crippen molar-refractivity contribution < 1.29 is 5.11 Å². The second kappa shape index (κ2) is 6.78. The molecule has 0 aliphatic carbocycles. The van der Waals surface area contributed by atoms with E-state index < -0.39 is 0 Å². The van der Waals surface area contributed by atoms with Crippen molar-refractivity contribution in [3.05, 3.63) is 0 Å². The number of nitrogens with zero attached hydrogens (tertiary/aromatic N) is 2. The van der Waals surface area contributed by atoms with Crippen LogP contribution in [-0.2, 0) is 0 Å². The van der Waals surface area contributed by atoms with E-state index in [2.05, 4.69) is 23.2 Å². The molecule has 1 aliphatic heterocycles. The lowest BCUT2D eigenvalue weighted by Gasteiger charge is -2.35. The maximum atomic E-state index is 8.69. The lowest BCUT2D eigenvalue weighted by molar-refractivity contribution is 0.162. The summed E-state index contributed by atoms with van der Waals surface area (Å²) in [5, 5.41) is 20.8. The van der Waals surface area contributed by atoms with E-state index in [9.17, 15) is 0 Å². The zero-order chi connectivity index (χ0) is 11.1. The van der Waals surface area contributed by atoms with Gasteiger partial charge < -0.3 is 10.4 Å². The minimum absolute atomic E-state index is 0.247. The van der Waals surface area contributed by atoms with Crippen molar-refractivity contribution in [1.82, 2.24) is 10.2 Å². The molecule has 0 aromatic rings. The van der Waals surface area contributed by atoms with Crippen LogP contribution in [0.25, 0.3) is 0 Å². The smallest absolute Gasteiger partial charge is 0.0866 e. The predicted molar refractivity (Wildman–Crippen MR) is 59.3 cm³/mol. The zero-order valence-electron chi connectivity index (χ0n) is 9.45. The van der Waals surface area contributed by atoms with Crippen molar-refractivity contribution in [2.45, 2.75) is 25.8 Å². The van der Waals surface area contributed by atoms with Crippen LogP contribution in [0.2, 0.25) is 0 Å². The fraction of sp³-hybridized carbons (Fsp3) is 0.909. The largest absolute Gasteiger partial charge is 0.396 e. The molecule has 2 N–H and O–H groups in total. The summed E-state index contributed by atoms with van der Waals surface area (Å²) in [6, 6.07) is 2.68. The quantitative estimate of drug-likeness (QED) is 0.503. The number of hydrogen-bond acceptors (Lipinski definition) is 4. The Balaban J connectivity index is 2.28. The Hall–Kier alpha value is -0.630. The van der Waals surface area contributed by atoms with Crippen LogP contribution in [0.5, 0.6) is 0 Å². The predicted octanol–water partition coefficient (Wildman–Crippen LogP) is 0.192. The van der Waals surface area contributed by atoms with Gasteiger partial charge in [-0.2, -0.15) is 5.26 Å². The maximum absolute atomic E-state index is 8.69. The third-order valence-corrected chi connectivity index (χ3v) is 2.80. The molecule has 0 spiro atoms. The third kappa shape index (κ3) is 4.61. The topological polar surface area (TPSA) is 59.3 Å². The van der Waals surface area contributed by atoms with Gasteiger partial charge in [0.25, 0.3) is 0 Å². The Labute approximate surface area is 91.9 Å². The molecule has 0 saturated carbocycles. The van der Waals surface area contributed by atoms with Crippen molar-refractivity contribution >= 4 is 0 Å². The molecule has 1 aliphatic rings. The van der Waals surface area contributed by atoms with E-state index in [0.29, 0.717) is 18.5 Å². The summed E-state index contributed by atoms with van der Waals surface area (Å²) in [5.74, 6) is 0.652. The second-order valence-corrected chi connectivity index (χ2v) is 4.42. The lowest BCUT2D eigenvalue weighted by atomic mass is 9.96. The molecule has 1 rings (SSSR count). The standard InChI is InChI=1S/C11H21N3O/c1-10-7-11(13-4-2-6-15)9-14(8-10)5-3-12/h10-11,13,15H,2,4-9H2,1H3. The number of piperidine rings is 1. The Morgan fingerprint density at radius 2 is 2.33 bits per heavy atom. The first-order valence-electron chi connectivity index (χ1n) is 5.69. The van der Waals surface area contributed by atoms with Gasteiger partial charge in [-0.3, -0.25) is 4.90 Å². The molecule has 0 aromatic heterocycles. The first-order valence-corrected chi connectivity index (χ1v) is 5.69. The lowest BCUT2D eigenvalue weighted by Crippen LogP contribution is -2.49. The number of aliphatic hydroxyl groups excluding tert-OH is 1. The van der Waals surface area contributed by atoms with Crippen molar-refractivity contribution in [1.29, 1.82) is 5.26 Å². The minimum atomic E-state index is 0.247. The number of nitrogens with one attached hydrogen (secondary N) is 1. The Morgan fingerprint density at radius 3 is 3.00 bits per heavy atom. The maximum Gasteiger partial charge on any atom is 0.0866 e. The summed E-state index contributed by atoms with van der Waals surface area (Å²) in [6.07, 6.45) is 1.98. The Kier molecular flexibility index (Phi) is 5.62. The van der Waals surface area contributed by atoms with E-state index >= 15 is 0 Å².